The van der Waals surface area contributed by atoms with Crippen LogP contribution in [0.3, 0.4) is 0 Å². The highest BCUT2D eigenvalue weighted by Crippen LogP contribution is 2.21. The summed E-state index contributed by atoms with van der Waals surface area (Å²) in [7, 11) is 5.06. The van der Waals surface area contributed by atoms with Gasteiger partial charge in [0.1, 0.15) is 5.75 Å². The number of piperazine rings is 1. The van der Waals surface area contributed by atoms with Gasteiger partial charge in [0.05, 0.1) is 7.11 Å². The molecule has 2 aromatic carbocycles. The number of amides is 3. The van der Waals surface area contributed by atoms with Crippen LogP contribution >= 0.6 is 0 Å². The lowest BCUT2D eigenvalue weighted by Gasteiger charge is -2.36. The maximum Gasteiger partial charge on any atom is 0.321 e. The first-order valence-electron chi connectivity index (χ1n) is 9.24. The van der Waals surface area contributed by atoms with Crippen molar-refractivity contribution in [3.05, 3.63) is 54.1 Å². The van der Waals surface area contributed by atoms with Gasteiger partial charge in [-0.3, -0.25) is 4.79 Å². The van der Waals surface area contributed by atoms with Crippen LogP contribution < -0.4 is 15.0 Å². The normalized spacial score (nSPS) is 13.8. The molecule has 0 atom stereocenters. The molecular formula is C21H26N4O3. The molecule has 3 rings (SSSR count). The molecule has 1 fully saturated rings. The largest absolute Gasteiger partial charge is 0.497 e. The number of urea groups is 1. The quantitative estimate of drug-likeness (QED) is 0.883. The van der Waals surface area contributed by atoms with Gasteiger partial charge in [0, 0.05) is 57.2 Å². The molecule has 0 bridgehead atoms. The SMILES string of the molecule is COc1ccc(N2CCN(C(=O)Nc3cccc(C(=O)N(C)C)c3)CC2)cc1. The molecular weight excluding hydrogens is 356 g/mol. The smallest absolute Gasteiger partial charge is 0.321 e. The van der Waals surface area contributed by atoms with E-state index in [9.17, 15) is 9.59 Å². The average molecular weight is 382 g/mol. The Kier molecular flexibility index (Phi) is 6.03. The number of rotatable bonds is 4. The van der Waals surface area contributed by atoms with Crippen molar-refractivity contribution < 1.29 is 14.3 Å². The van der Waals surface area contributed by atoms with E-state index in [0.717, 1.165) is 24.5 Å². The van der Waals surface area contributed by atoms with Crippen molar-refractivity contribution in [3.8, 4) is 5.75 Å². The van der Waals surface area contributed by atoms with Crippen LogP contribution in [0.2, 0.25) is 0 Å². The molecule has 28 heavy (non-hydrogen) atoms. The van der Waals surface area contributed by atoms with E-state index in [1.807, 2.05) is 24.3 Å². The zero-order chi connectivity index (χ0) is 20.1. The molecule has 0 radical (unpaired) electrons. The molecule has 1 N–H and O–H groups in total. The minimum atomic E-state index is -0.149. The molecule has 0 aromatic heterocycles. The van der Waals surface area contributed by atoms with Crippen LogP contribution in [0.1, 0.15) is 10.4 Å². The van der Waals surface area contributed by atoms with Gasteiger partial charge in [0.25, 0.3) is 5.91 Å². The van der Waals surface area contributed by atoms with Gasteiger partial charge in [-0.05, 0) is 42.5 Å². The molecule has 0 saturated carbocycles. The van der Waals surface area contributed by atoms with Crippen molar-refractivity contribution in [2.75, 3.05) is 57.6 Å². The van der Waals surface area contributed by atoms with Gasteiger partial charge in [-0.1, -0.05) is 6.07 Å². The number of hydrogen-bond donors (Lipinski definition) is 1. The zero-order valence-electron chi connectivity index (χ0n) is 16.5. The molecule has 0 spiro atoms. The second-order valence-corrected chi connectivity index (χ2v) is 6.88. The summed E-state index contributed by atoms with van der Waals surface area (Å²) in [5.74, 6) is 0.737. The Morgan fingerprint density at radius 2 is 1.68 bits per heavy atom. The minimum absolute atomic E-state index is 0.0933. The fourth-order valence-corrected chi connectivity index (χ4v) is 3.15. The number of ether oxygens (including phenoxy) is 1. The van der Waals surface area contributed by atoms with Gasteiger partial charge in [-0.2, -0.15) is 0 Å². The van der Waals surface area contributed by atoms with Gasteiger partial charge in [-0.25, -0.2) is 4.79 Å². The molecule has 3 amide bonds. The highest BCUT2D eigenvalue weighted by molar-refractivity contribution is 5.96. The van der Waals surface area contributed by atoms with Crippen LogP contribution in [0.15, 0.2) is 48.5 Å². The Balaban J connectivity index is 1.56. The molecule has 0 aliphatic carbocycles. The Morgan fingerprint density at radius 1 is 1.00 bits per heavy atom. The zero-order valence-corrected chi connectivity index (χ0v) is 16.5. The van der Waals surface area contributed by atoms with E-state index in [2.05, 4.69) is 10.2 Å². The molecule has 1 heterocycles. The summed E-state index contributed by atoms with van der Waals surface area (Å²) in [6, 6.07) is 14.8. The fraction of sp³-hybridized carbons (Fsp3) is 0.333. The second kappa shape index (κ2) is 8.65. The summed E-state index contributed by atoms with van der Waals surface area (Å²) in [5, 5.41) is 2.90. The predicted molar refractivity (Wildman–Crippen MR) is 110 cm³/mol. The maximum atomic E-state index is 12.6. The topological polar surface area (TPSA) is 65.1 Å². The third-order valence-electron chi connectivity index (χ3n) is 4.77. The molecule has 7 nitrogen and oxygen atoms in total. The summed E-state index contributed by atoms with van der Waals surface area (Å²) < 4.78 is 5.19. The summed E-state index contributed by atoms with van der Waals surface area (Å²) in [6.07, 6.45) is 0. The van der Waals surface area contributed by atoms with Crippen LogP contribution in [-0.4, -0.2) is 69.1 Å². The number of anilines is 2. The molecule has 1 aliphatic heterocycles. The maximum absolute atomic E-state index is 12.6. The lowest BCUT2D eigenvalue weighted by molar-refractivity contribution is 0.0827. The summed E-state index contributed by atoms with van der Waals surface area (Å²) in [4.78, 5) is 30.2. The van der Waals surface area contributed by atoms with E-state index >= 15 is 0 Å². The molecule has 1 aliphatic rings. The average Bonchev–Trinajstić information content (AvgIpc) is 2.73. The monoisotopic (exact) mass is 382 g/mol. The second-order valence-electron chi connectivity index (χ2n) is 6.88. The minimum Gasteiger partial charge on any atom is -0.497 e. The Bertz CT molecular complexity index is 828. The predicted octanol–water partition coefficient (Wildman–Crippen LogP) is 2.75. The number of methoxy groups -OCH3 is 1. The number of nitrogens with zero attached hydrogens (tertiary/aromatic N) is 3. The fourth-order valence-electron chi connectivity index (χ4n) is 3.15. The van der Waals surface area contributed by atoms with Gasteiger partial charge in [0.15, 0.2) is 0 Å². The Hall–Kier alpha value is -3.22. The lowest BCUT2D eigenvalue weighted by Crippen LogP contribution is -2.50. The highest BCUT2D eigenvalue weighted by atomic mass is 16.5. The highest BCUT2D eigenvalue weighted by Gasteiger charge is 2.21. The lowest BCUT2D eigenvalue weighted by atomic mass is 10.2. The van der Waals surface area contributed by atoms with Crippen molar-refractivity contribution in [1.29, 1.82) is 0 Å². The van der Waals surface area contributed by atoms with Crippen molar-refractivity contribution >= 4 is 23.3 Å². The third-order valence-corrected chi connectivity index (χ3v) is 4.77. The molecule has 2 aromatic rings. The van der Waals surface area contributed by atoms with Crippen LogP contribution in [-0.2, 0) is 0 Å². The van der Waals surface area contributed by atoms with Crippen LogP contribution in [0.25, 0.3) is 0 Å². The van der Waals surface area contributed by atoms with Gasteiger partial charge in [0.2, 0.25) is 0 Å². The first-order valence-corrected chi connectivity index (χ1v) is 9.24. The molecule has 0 unspecified atom stereocenters. The standard InChI is InChI=1S/C21H26N4O3/c1-23(2)20(26)16-5-4-6-17(15-16)22-21(27)25-13-11-24(12-14-25)18-7-9-19(28-3)10-8-18/h4-10,15H,11-14H2,1-3H3,(H,22,27). The van der Waals surface area contributed by atoms with Crippen molar-refractivity contribution in [3.63, 3.8) is 0 Å². The van der Waals surface area contributed by atoms with E-state index in [1.54, 1.807) is 50.4 Å². The van der Waals surface area contributed by atoms with Gasteiger partial charge >= 0.3 is 6.03 Å². The van der Waals surface area contributed by atoms with E-state index in [1.165, 1.54) is 4.90 Å². The Morgan fingerprint density at radius 3 is 2.29 bits per heavy atom. The number of benzene rings is 2. The van der Waals surface area contributed by atoms with Gasteiger partial charge in [-0.15, -0.1) is 0 Å². The number of nitrogens with one attached hydrogen (secondary N) is 1. The Labute approximate surface area is 165 Å². The number of carbonyl (C=O) groups excluding carboxylic acids is 2. The van der Waals surface area contributed by atoms with E-state index < -0.39 is 0 Å². The van der Waals surface area contributed by atoms with E-state index in [4.69, 9.17) is 4.74 Å². The third kappa shape index (κ3) is 4.54. The molecule has 7 heteroatoms. The molecule has 1 saturated heterocycles. The van der Waals surface area contributed by atoms with Crippen LogP contribution in [0, 0.1) is 0 Å². The number of hydrogen-bond acceptors (Lipinski definition) is 4. The summed E-state index contributed by atoms with van der Waals surface area (Å²) in [6.45, 7) is 2.79. The van der Waals surface area contributed by atoms with Crippen LogP contribution in [0.4, 0.5) is 16.2 Å². The van der Waals surface area contributed by atoms with Crippen molar-refractivity contribution in [2.24, 2.45) is 0 Å². The summed E-state index contributed by atoms with van der Waals surface area (Å²) >= 11 is 0. The first kappa shape index (κ1) is 19.5. The van der Waals surface area contributed by atoms with E-state index in [-0.39, 0.29) is 11.9 Å². The van der Waals surface area contributed by atoms with Crippen molar-refractivity contribution in [2.45, 2.75) is 0 Å². The van der Waals surface area contributed by atoms with E-state index in [0.29, 0.717) is 24.3 Å². The van der Waals surface area contributed by atoms with Crippen LogP contribution in [0.5, 0.6) is 5.75 Å². The van der Waals surface area contributed by atoms with Crippen molar-refractivity contribution in [1.82, 2.24) is 9.80 Å². The summed E-state index contributed by atoms with van der Waals surface area (Å²) in [5.41, 5.74) is 2.29. The van der Waals surface area contributed by atoms with Gasteiger partial charge < -0.3 is 24.8 Å². The number of carbonyl (C=O) groups is 2. The first-order chi connectivity index (χ1) is 13.5. The molecule has 148 valence electrons.